The summed E-state index contributed by atoms with van der Waals surface area (Å²) in [5.41, 5.74) is 4.93. The smallest absolute Gasteiger partial charge is 0.229 e. The number of ether oxygens (including phenoxy) is 2. The Morgan fingerprint density at radius 3 is 2.55 bits per heavy atom. The summed E-state index contributed by atoms with van der Waals surface area (Å²) in [6, 6.07) is 8.51. The number of nitrogens with zero attached hydrogens (tertiary/aromatic N) is 7. The maximum atomic E-state index is 13.3. The minimum absolute atomic E-state index is 0.392. The lowest BCUT2D eigenvalue weighted by molar-refractivity contribution is -0.000666. The van der Waals surface area contributed by atoms with Gasteiger partial charge in [-0.05, 0) is 72.8 Å². The Balaban J connectivity index is 1.18. The first-order chi connectivity index (χ1) is 21.1. The van der Waals surface area contributed by atoms with Crippen LogP contribution in [0.25, 0.3) is 5.65 Å². The maximum Gasteiger partial charge on any atom is 0.229 e. The molecule has 3 aromatic heterocycles. The van der Waals surface area contributed by atoms with Gasteiger partial charge in [-0.15, -0.1) is 0 Å². The molecular formula is C30H39BrN9O3P. The first-order valence-corrected chi connectivity index (χ1v) is 18.2. The average Bonchev–Trinajstić information content (AvgIpc) is 3.45. The highest BCUT2D eigenvalue weighted by atomic mass is 79.9. The van der Waals surface area contributed by atoms with Crippen LogP contribution in [-0.2, 0) is 9.30 Å². The molecule has 4 aromatic rings. The maximum absolute atomic E-state index is 13.3. The van der Waals surface area contributed by atoms with Crippen LogP contribution in [0.1, 0.15) is 18.4 Å². The fourth-order valence-corrected chi connectivity index (χ4v) is 7.87. The number of benzene rings is 1. The molecule has 1 aromatic carbocycles. The van der Waals surface area contributed by atoms with Crippen LogP contribution in [0.3, 0.4) is 0 Å². The van der Waals surface area contributed by atoms with Gasteiger partial charge in [0.25, 0.3) is 0 Å². The zero-order valence-corrected chi connectivity index (χ0v) is 28.2. The summed E-state index contributed by atoms with van der Waals surface area (Å²) in [6.45, 7) is 10.7. The number of hydrogen-bond acceptors (Lipinski definition) is 11. The van der Waals surface area contributed by atoms with Crippen LogP contribution in [0.2, 0.25) is 0 Å². The first kappa shape index (κ1) is 30.8. The highest BCUT2D eigenvalue weighted by Gasteiger charge is 2.34. The molecule has 12 nitrogen and oxygen atoms in total. The van der Waals surface area contributed by atoms with E-state index in [-0.39, 0.29) is 0 Å². The number of nitrogens with one attached hydrogen (secondary N) is 2. The summed E-state index contributed by atoms with van der Waals surface area (Å²) in [5, 5.41) is 11.0. The van der Waals surface area contributed by atoms with Gasteiger partial charge in [-0.3, -0.25) is 4.90 Å². The Bertz CT molecular complexity index is 1700. The molecule has 44 heavy (non-hydrogen) atoms. The predicted octanol–water partition coefficient (Wildman–Crippen LogP) is 4.88. The molecule has 0 unspecified atom stereocenters. The third-order valence-corrected chi connectivity index (χ3v) is 10.4. The molecule has 0 bridgehead atoms. The predicted molar refractivity (Wildman–Crippen MR) is 178 cm³/mol. The molecule has 5 heterocycles. The molecule has 234 valence electrons. The van der Waals surface area contributed by atoms with Gasteiger partial charge in [0.2, 0.25) is 5.95 Å². The van der Waals surface area contributed by atoms with Crippen molar-refractivity contribution in [2.75, 3.05) is 75.9 Å². The number of anilines is 5. The monoisotopic (exact) mass is 683 g/mol. The van der Waals surface area contributed by atoms with E-state index in [0.717, 1.165) is 62.6 Å². The Morgan fingerprint density at radius 1 is 1.07 bits per heavy atom. The van der Waals surface area contributed by atoms with Gasteiger partial charge in [0.1, 0.15) is 30.5 Å². The van der Waals surface area contributed by atoms with Gasteiger partial charge in [0, 0.05) is 63.2 Å². The summed E-state index contributed by atoms with van der Waals surface area (Å²) in [4.78, 5) is 18.5. The molecule has 0 spiro atoms. The molecule has 0 radical (unpaired) electrons. The number of aromatic nitrogens is 5. The standard InChI is InChI=1S/C30H39BrN9O3P/c1-19-12-24(26(43-3)13-25(19)38-10-8-21(9-11-38)39-15-20(16-39)17-42-2)36-30-32-14-22(31)28(37-30)35-23-6-7-27-33-18-34-40(27)29(23)44(4,5)41/h6-7,12-14,18,20-21H,8-11,15-17H2,1-5H3,(H2,32,35,36,37). The molecule has 14 heteroatoms. The van der Waals surface area contributed by atoms with Crippen molar-refractivity contribution in [3.8, 4) is 5.75 Å². The van der Waals surface area contributed by atoms with Gasteiger partial charge in [0.15, 0.2) is 5.65 Å². The van der Waals surface area contributed by atoms with E-state index in [4.69, 9.17) is 14.5 Å². The number of halogens is 1. The number of methoxy groups -OCH3 is 2. The van der Waals surface area contributed by atoms with Gasteiger partial charge in [-0.2, -0.15) is 10.1 Å². The fraction of sp³-hybridized carbons (Fsp3) is 0.467. The highest BCUT2D eigenvalue weighted by molar-refractivity contribution is 9.10. The molecule has 6 rings (SSSR count). The zero-order chi connectivity index (χ0) is 31.0. The van der Waals surface area contributed by atoms with E-state index in [2.05, 4.69) is 70.5 Å². The molecule has 0 amide bonds. The number of rotatable bonds is 10. The van der Waals surface area contributed by atoms with Crippen molar-refractivity contribution >= 4 is 63.0 Å². The van der Waals surface area contributed by atoms with Gasteiger partial charge >= 0.3 is 0 Å². The van der Waals surface area contributed by atoms with E-state index in [9.17, 15) is 4.57 Å². The number of piperidine rings is 1. The average molecular weight is 685 g/mol. The number of pyridine rings is 1. The van der Waals surface area contributed by atoms with E-state index in [1.807, 2.05) is 12.1 Å². The lowest BCUT2D eigenvalue weighted by Crippen LogP contribution is -2.56. The fourth-order valence-electron chi connectivity index (χ4n) is 6.26. The van der Waals surface area contributed by atoms with Crippen LogP contribution >= 0.6 is 23.1 Å². The Labute approximate surface area is 266 Å². The van der Waals surface area contributed by atoms with E-state index in [1.54, 1.807) is 38.3 Å². The largest absolute Gasteiger partial charge is 0.494 e. The normalized spacial score (nSPS) is 16.7. The van der Waals surface area contributed by atoms with Crippen LogP contribution in [0, 0.1) is 12.8 Å². The summed E-state index contributed by atoms with van der Waals surface area (Å²) in [5.74, 6) is 2.31. The van der Waals surface area contributed by atoms with Crippen molar-refractivity contribution in [2.45, 2.75) is 25.8 Å². The van der Waals surface area contributed by atoms with E-state index < -0.39 is 7.14 Å². The second kappa shape index (κ2) is 12.6. The lowest BCUT2D eigenvalue weighted by Gasteiger charge is -2.47. The summed E-state index contributed by atoms with van der Waals surface area (Å²) >= 11 is 3.56. The summed E-state index contributed by atoms with van der Waals surface area (Å²) in [6.07, 6.45) is 5.44. The highest BCUT2D eigenvalue weighted by Crippen LogP contribution is 2.40. The number of likely N-dealkylation sites (tertiary alicyclic amines) is 1. The Hall–Kier alpha value is -3.25. The molecule has 2 N–H and O–H groups in total. The van der Waals surface area contributed by atoms with E-state index in [0.29, 0.717) is 45.0 Å². The molecule has 2 fully saturated rings. The second-order valence-corrected chi connectivity index (χ2v) is 15.9. The molecule has 2 saturated heterocycles. The minimum atomic E-state index is -2.74. The van der Waals surface area contributed by atoms with Crippen molar-refractivity contribution in [1.29, 1.82) is 0 Å². The quantitative estimate of drug-likeness (QED) is 0.222. The Kier molecular flexibility index (Phi) is 8.83. The molecule has 2 aliphatic rings. The Morgan fingerprint density at radius 2 is 1.84 bits per heavy atom. The number of hydrogen-bond donors (Lipinski definition) is 2. The summed E-state index contributed by atoms with van der Waals surface area (Å²) in [7, 11) is 0.729. The van der Waals surface area contributed by atoms with Crippen LogP contribution in [0.4, 0.5) is 28.8 Å². The zero-order valence-electron chi connectivity index (χ0n) is 25.7. The van der Waals surface area contributed by atoms with Crippen LogP contribution in [0.15, 0.2) is 41.3 Å². The van der Waals surface area contributed by atoms with Crippen LogP contribution < -0.4 is 25.7 Å². The third-order valence-electron chi connectivity index (χ3n) is 8.40. The third kappa shape index (κ3) is 6.28. The van der Waals surface area contributed by atoms with Gasteiger partial charge in [0.05, 0.1) is 29.6 Å². The van der Waals surface area contributed by atoms with Gasteiger partial charge in [-0.25, -0.2) is 14.5 Å². The second-order valence-electron chi connectivity index (χ2n) is 11.9. The van der Waals surface area contributed by atoms with Crippen molar-refractivity contribution < 1.29 is 14.0 Å². The van der Waals surface area contributed by atoms with Crippen LogP contribution in [-0.4, -0.2) is 95.8 Å². The van der Waals surface area contributed by atoms with Crippen molar-refractivity contribution in [2.24, 2.45) is 5.92 Å². The molecule has 0 aliphatic carbocycles. The van der Waals surface area contributed by atoms with Crippen molar-refractivity contribution in [3.63, 3.8) is 0 Å². The number of aryl methyl sites for hydroxylation is 1. The van der Waals surface area contributed by atoms with Gasteiger partial charge in [-0.1, -0.05) is 0 Å². The van der Waals surface area contributed by atoms with E-state index in [1.165, 1.54) is 12.0 Å². The molecular weight excluding hydrogens is 645 g/mol. The molecule has 0 atom stereocenters. The topological polar surface area (TPSA) is 122 Å². The lowest BCUT2D eigenvalue weighted by atomic mass is 9.93. The van der Waals surface area contributed by atoms with Gasteiger partial charge < -0.3 is 29.6 Å². The van der Waals surface area contributed by atoms with Crippen molar-refractivity contribution in [3.05, 3.63) is 46.8 Å². The first-order valence-electron chi connectivity index (χ1n) is 14.8. The van der Waals surface area contributed by atoms with E-state index >= 15 is 0 Å². The summed E-state index contributed by atoms with van der Waals surface area (Å²) < 4.78 is 26.7. The van der Waals surface area contributed by atoms with Crippen molar-refractivity contribution in [1.82, 2.24) is 29.5 Å². The molecule has 0 saturated carbocycles. The number of fused-ring (bicyclic) bond motifs is 1. The molecule has 2 aliphatic heterocycles. The SMILES string of the molecule is COCC1CN(C2CCN(c3cc(OC)c(Nc4ncc(Br)c(Nc5ccc6ncnn6c5P(C)(C)=O)n4)cc3C)CC2)C1. The minimum Gasteiger partial charge on any atom is -0.494 e. The van der Waals surface area contributed by atoms with Crippen LogP contribution in [0.5, 0.6) is 5.75 Å².